The van der Waals surface area contributed by atoms with Crippen molar-refractivity contribution in [2.24, 2.45) is 0 Å². The fourth-order valence-electron chi connectivity index (χ4n) is 5.92. The number of hydrogen-bond donors (Lipinski definition) is 0. The van der Waals surface area contributed by atoms with Crippen molar-refractivity contribution < 1.29 is 0 Å². The molecule has 4 heteroatoms. The van der Waals surface area contributed by atoms with Gasteiger partial charge in [-0.15, -0.1) is 0 Å². The molecule has 0 saturated heterocycles. The van der Waals surface area contributed by atoms with Crippen molar-refractivity contribution in [3.8, 4) is 45.0 Å². The highest BCUT2D eigenvalue weighted by Crippen LogP contribution is 2.35. The van der Waals surface area contributed by atoms with Gasteiger partial charge in [-0.3, -0.25) is 0 Å². The summed E-state index contributed by atoms with van der Waals surface area (Å²) in [6.07, 6.45) is 0. The number of rotatable bonds is 4. The Bertz CT molecular complexity index is 2320. The number of fused-ring (bicyclic) bond motifs is 3. The highest BCUT2D eigenvalue weighted by Gasteiger charge is 2.15. The van der Waals surface area contributed by atoms with Gasteiger partial charge in [0, 0.05) is 11.1 Å². The molecule has 0 fully saturated rings. The van der Waals surface area contributed by atoms with Crippen LogP contribution in [0.15, 0.2) is 146 Å². The van der Waals surface area contributed by atoms with Crippen LogP contribution in [0, 0.1) is 0 Å². The largest absolute Gasteiger partial charge is 0.226 e. The van der Waals surface area contributed by atoms with Crippen molar-refractivity contribution in [2.75, 3.05) is 0 Å². The highest BCUT2D eigenvalue weighted by atomic mass is 35.5. The van der Waals surface area contributed by atoms with Crippen molar-refractivity contribution in [3.05, 3.63) is 151 Å². The van der Waals surface area contributed by atoms with Gasteiger partial charge in [-0.05, 0) is 84.4 Å². The van der Waals surface area contributed by atoms with Crippen LogP contribution in [-0.2, 0) is 0 Å². The minimum Gasteiger partial charge on any atom is -0.208 e. The molecule has 3 nitrogen and oxygen atoms in total. The number of benzene rings is 7. The summed E-state index contributed by atoms with van der Waals surface area (Å²) in [4.78, 5) is 14.0. The van der Waals surface area contributed by atoms with E-state index in [4.69, 9.17) is 16.6 Å². The average molecular weight is 570 g/mol. The lowest BCUT2D eigenvalue weighted by molar-refractivity contribution is 1.07. The molecule has 1 heterocycles. The molecule has 0 atom stereocenters. The SMILES string of the molecule is Clc1nc(-c2ccc3cc(-c4cccc5ccccc45)ccc3c2)nc(-c2ccccc2-c2ccc3ccccc3c2)n1. The van der Waals surface area contributed by atoms with Crippen molar-refractivity contribution in [1.82, 2.24) is 15.0 Å². The maximum absolute atomic E-state index is 6.52. The molecule has 0 spiro atoms. The second-order valence-corrected chi connectivity index (χ2v) is 11.0. The van der Waals surface area contributed by atoms with Gasteiger partial charge >= 0.3 is 0 Å². The second-order valence-electron chi connectivity index (χ2n) is 10.7. The lowest BCUT2D eigenvalue weighted by atomic mass is 9.95. The van der Waals surface area contributed by atoms with Crippen LogP contribution in [0.5, 0.6) is 0 Å². The summed E-state index contributed by atoms with van der Waals surface area (Å²) in [5.41, 5.74) is 6.35. The van der Waals surface area contributed by atoms with Crippen molar-refractivity contribution >= 4 is 43.9 Å². The van der Waals surface area contributed by atoms with Crippen LogP contribution in [0.25, 0.3) is 77.3 Å². The normalized spacial score (nSPS) is 11.4. The molecule has 0 bridgehead atoms. The molecule has 7 aromatic carbocycles. The molecule has 43 heavy (non-hydrogen) atoms. The van der Waals surface area contributed by atoms with Crippen LogP contribution >= 0.6 is 11.6 Å². The summed E-state index contributed by atoms with van der Waals surface area (Å²) in [7, 11) is 0. The van der Waals surface area contributed by atoms with E-state index in [0.29, 0.717) is 11.6 Å². The van der Waals surface area contributed by atoms with E-state index in [2.05, 4.69) is 137 Å². The monoisotopic (exact) mass is 569 g/mol. The Morgan fingerprint density at radius 2 is 0.860 bits per heavy atom. The lowest BCUT2D eigenvalue weighted by Gasteiger charge is -2.12. The Balaban J connectivity index is 1.19. The third kappa shape index (κ3) is 4.70. The molecule has 0 aliphatic carbocycles. The Morgan fingerprint density at radius 1 is 0.349 bits per heavy atom. The van der Waals surface area contributed by atoms with E-state index in [1.54, 1.807) is 0 Å². The third-order valence-corrected chi connectivity index (χ3v) is 8.20. The molecule has 0 unspecified atom stereocenters. The predicted molar refractivity (Wildman–Crippen MR) is 179 cm³/mol. The Hall–Kier alpha value is -5.38. The number of hydrogen-bond acceptors (Lipinski definition) is 3. The van der Waals surface area contributed by atoms with Crippen LogP contribution in [0.2, 0.25) is 5.28 Å². The molecular weight excluding hydrogens is 546 g/mol. The van der Waals surface area contributed by atoms with Crippen LogP contribution < -0.4 is 0 Å². The molecule has 0 radical (unpaired) electrons. The van der Waals surface area contributed by atoms with Crippen molar-refractivity contribution in [1.29, 1.82) is 0 Å². The molecule has 202 valence electrons. The fraction of sp³-hybridized carbons (Fsp3) is 0. The molecule has 0 saturated carbocycles. The Kier molecular flexibility index (Phi) is 6.17. The zero-order chi connectivity index (χ0) is 28.8. The van der Waals surface area contributed by atoms with Gasteiger partial charge in [0.05, 0.1) is 0 Å². The lowest BCUT2D eigenvalue weighted by Crippen LogP contribution is -1.98. The first-order valence-corrected chi connectivity index (χ1v) is 14.6. The first-order chi connectivity index (χ1) is 21.2. The maximum atomic E-state index is 6.52. The van der Waals surface area contributed by atoms with E-state index >= 15 is 0 Å². The van der Waals surface area contributed by atoms with Gasteiger partial charge in [0.2, 0.25) is 5.28 Å². The summed E-state index contributed by atoms with van der Waals surface area (Å²) >= 11 is 6.52. The van der Waals surface area contributed by atoms with Gasteiger partial charge in [0.25, 0.3) is 0 Å². The summed E-state index contributed by atoms with van der Waals surface area (Å²) in [5, 5.41) is 7.29. The summed E-state index contributed by atoms with van der Waals surface area (Å²) in [6.45, 7) is 0. The van der Waals surface area contributed by atoms with Crippen LogP contribution in [0.1, 0.15) is 0 Å². The van der Waals surface area contributed by atoms with Gasteiger partial charge in [-0.2, -0.15) is 9.97 Å². The highest BCUT2D eigenvalue weighted by molar-refractivity contribution is 6.28. The van der Waals surface area contributed by atoms with Gasteiger partial charge in [0.1, 0.15) is 0 Å². The second kappa shape index (κ2) is 10.5. The molecule has 8 rings (SSSR count). The molecule has 8 aromatic rings. The van der Waals surface area contributed by atoms with E-state index in [1.807, 2.05) is 18.2 Å². The van der Waals surface area contributed by atoms with Gasteiger partial charge in [0.15, 0.2) is 11.6 Å². The van der Waals surface area contributed by atoms with E-state index in [0.717, 1.165) is 33.0 Å². The van der Waals surface area contributed by atoms with E-state index in [-0.39, 0.29) is 5.28 Å². The van der Waals surface area contributed by atoms with E-state index < -0.39 is 0 Å². The van der Waals surface area contributed by atoms with Gasteiger partial charge < -0.3 is 0 Å². The third-order valence-electron chi connectivity index (χ3n) is 8.04. The molecule has 0 amide bonds. The molecule has 1 aromatic heterocycles. The zero-order valence-electron chi connectivity index (χ0n) is 23.1. The van der Waals surface area contributed by atoms with Crippen LogP contribution in [0.4, 0.5) is 0 Å². The average Bonchev–Trinajstić information content (AvgIpc) is 3.07. The zero-order valence-corrected chi connectivity index (χ0v) is 23.8. The first kappa shape index (κ1) is 25.3. The summed E-state index contributed by atoms with van der Waals surface area (Å²) < 4.78 is 0. The molecule has 0 aliphatic heterocycles. The summed E-state index contributed by atoms with van der Waals surface area (Å²) in [6, 6.07) is 50.9. The topological polar surface area (TPSA) is 38.7 Å². The number of nitrogens with zero attached hydrogens (tertiary/aromatic N) is 3. The minimum absolute atomic E-state index is 0.166. The Morgan fingerprint density at radius 3 is 1.67 bits per heavy atom. The van der Waals surface area contributed by atoms with Crippen LogP contribution in [-0.4, -0.2) is 15.0 Å². The standard InChI is InChI=1S/C39H24ClN3/c40-39-42-37(41-38(43-39)36-14-6-5-13-35(36)31-19-16-25-8-1-2-10-27(25)22-31)32-21-18-28-23-30(20-17-29(28)24-32)34-15-7-11-26-9-3-4-12-33(26)34/h1-24H. The maximum Gasteiger partial charge on any atom is 0.226 e. The fourth-order valence-corrected chi connectivity index (χ4v) is 6.08. The molecule has 0 N–H and O–H groups in total. The smallest absolute Gasteiger partial charge is 0.208 e. The predicted octanol–water partition coefficient (Wildman–Crippen LogP) is 10.7. The molecule has 0 aliphatic rings. The van der Waals surface area contributed by atoms with E-state index in [9.17, 15) is 0 Å². The van der Waals surface area contributed by atoms with Gasteiger partial charge in [-0.25, -0.2) is 4.98 Å². The van der Waals surface area contributed by atoms with Crippen LogP contribution in [0.3, 0.4) is 0 Å². The number of aromatic nitrogens is 3. The molecular formula is C39H24ClN3. The summed E-state index contributed by atoms with van der Waals surface area (Å²) in [5.74, 6) is 1.09. The van der Waals surface area contributed by atoms with Gasteiger partial charge in [-0.1, -0.05) is 127 Å². The van der Waals surface area contributed by atoms with Crippen molar-refractivity contribution in [3.63, 3.8) is 0 Å². The first-order valence-electron chi connectivity index (χ1n) is 14.2. The van der Waals surface area contributed by atoms with Crippen molar-refractivity contribution in [2.45, 2.75) is 0 Å². The Labute approximate surface area is 254 Å². The van der Waals surface area contributed by atoms with E-state index in [1.165, 1.54) is 32.7 Å². The number of halogens is 1. The minimum atomic E-state index is 0.166. The quantitative estimate of drug-likeness (QED) is 0.211.